The Morgan fingerprint density at radius 3 is 2.75 bits per heavy atom. The van der Waals surface area contributed by atoms with Crippen molar-refractivity contribution in [2.75, 3.05) is 29.5 Å². The highest BCUT2D eigenvalue weighted by atomic mass is 32.2. The molecule has 88 valence electrons. The quantitative estimate of drug-likeness (QED) is 0.872. The van der Waals surface area contributed by atoms with Crippen LogP contribution >= 0.6 is 11.8 Å². The molecule has 2 nitrogen and oxygen atoms in total. The Balaban J connectivity index is 2.14. The Bertz CT molecular complexity index is 323. The molecule has 1 fully saturated rings. The zero-order valence-corrected chi connectivity index (χ0v) is 10.7. The maximum Gasteiger partial charge on any atom is 0.0503 e. The van der Waals surface area contributed by atoms with Gasteiger partial charge >= 0.3 is 0 Å². The first-order chi connectivity index (χ1) is 7.85. The zero-order chi connectivity index (χ0) is 11.4. The smallest absolute Gasteiger partial charge is 0.0503 e. The van der Waals surface area contributed by atoms with E-state index in [0.29, 0.717) is 6.04 Å². The Hall–Kier alpha value is -0.670. The van der Waals surface area contributed by atoms with Crippen LogP contribution in [0.2, 0.25) is 0 Å². The summed E-state index contributed by atoms with van der Waals surface area (Å²) in [7, 11) is 0. The molecular weight excluding hydrogens is 216 g/mol. The van der Waals surface area contributed by atoms with Gasteiger partial charge < -0.3 is 10.6 Å². The molecule has 1 atom stereocenters. The van der Waals surface area contributed by atoms with Gasteiger partial charge in [0.15, 0.2) is 0 Å². The highest BCUT2D eigenvalue weighted by Crippen LogP contribution is 2.24. The van der Waals surface area contributed by atoms with Gasteiger partial charge in [0, 0.05) is 30.3 Å². The predicted octanol–water partition coefficient (Wildman–Crippen LogP) is 2.13. The first-order valence-electron chi connectivity index (χ1n) is 5.98. The molecule has 1 aromatic rings. The van der Waals surface area contributed by atoms with Crippen LogP contribution in [0.1, 0.15) is 12.5 Å². The molecule has 0 saturated carbocycles. The molecule has 1 heterocycles. The third-order valence-corrected chi connectivity index (χ3v) is 4.27. The van der Waals surface area contributed by atoms with E-state index >= 15 is 0 Å². The van der Waals surface area contributed by atoms with Crippen LogP contribution in [0.4, 0.5) is 5.69 Å². The SMILES string of the molecule is CCc1ccc(N2CCSCC2CN)cc1. The van der Waals surface area contributed by atoms with E-state index in [0.717, 1.165) is 25.3 Å². The van der Waals surface area contributed by atoms with Crippen molar-refractivity contribution in [1.29, 1.82) is 0 Å². The number of nitrogens with zero attached hydrogens (tertiary/aromatic N) is 1. The van der Waals surface area contributed by atoms with Gasteiger partial charge in [-0.3, -0.25) is 0 Å². The van der Waals surface area contributed by atoms with Crippen molar-refractivity contribution in [2.45, 2.75) is 19.4 Å². The van der Waals surface area contributed by atoms with Crippen molar-refractivity contribution in [3.05, 3.63) is 29.8 Å². The summed E-state index contributed by atoms with van der Waals surface area (Å²) in [6, 6.07) is 9.43. The fourth-order valence-electron chi connectivity index (χ4n) is 2.11. The summed E-state index contributed by atoms with van der Waals surface area (Å²) in [6.07, 6.45) is 1.11. The van der Waals surface area contributed by atoms with Crippen molar-refractivity contribution >= 4 is 17.4 Å². The fourth-order valence-corrected chi connectivity index (χ4v) is 3.19. The normalized spacial score (nSPS) is 21.1. The van der Waals surface area contributed by atoms with Crippen molar-refractivity contribution < 1.29 is 0 Å². The second-order valence-electron chi connectivity index (χ2n) is 4.18. The number of thioether (sulfide) groups is 1. The molecule has 2 N–H and O–H groups in total. The number of rotatable bonds is 3. The number of benzene rings is 1. The largest absolute Gasteiger partial charge is 0.366 e. The lowest BCUT2D eigenvalue weighted by Gasteiger charge is -2.36. The molecule has 16 heavy (non-hydrogen) atoms. The van der Waals surface area contributed by atoms with E-state index in [1.54, 1.807) is 0 Å². The maximum absolute atomic E-state index is 5.83. The average Bonchev–Trinajstić information content (AvgIpc) is 2.39. The number of hydrogen-bond donors (Lipinski definition) is 1. The maximum atomic E-state index is 5.83. The second-order valence-corrected chi connectivity index (χ2v) is 5.33. The van der Waals surface area contributed by atoms with E-state index in [1.165, 1.54) is 17.0 Å². The number of nitrogens with two attached hydrogens (primary N) is 1. The topological polar surface area (TPSA) is 29.3 Å². The predicted molar refractivity (Wildman–Crippen MR) is 73.3 cm³/mol. The van der Waals surface area contributed by atoms with Gasteiger partial charge in [-0.05, 0) is 24.1 Å². The average molecular weight is 236 g/mol. The molecule has 0 radical (unpaired) electrons. The van der Waals surface area contributed by atoms with E-state index in [-0.39, 0.29) is 0 Å². The van der Waals surface area contributed by atoms with Gasteiger partial charge in [-0.25, -0.2) is 0 Å². The second kappa shape index (κ2) is 5.60. The molecule has 1 saturated heterocycles. The molecule has 2 rings (SSSR count). The van der Waals surface area contributed by atoms with Crippen molar-refractivity contribution in [3.8, 4) is 0 Å². The number of hydrogen-bond acceptors (Lipinski definition) is 3. The summed E-state index contributed by atoms with van der Waals surface area (Å²) in [5.74, 6) is 2.37. The first-order valence-corrected chi connectivity index (χ1v) is 7.14. The number of aryl methyl sites for hydroxylation is 1. The van der Waals surface area contributed by atoms with E-state index in [4.69, 9.17) is 5.73 Å². The Labute approximate surface area is 102 Å². The summed E-state index contributed by atoms with van der Waals surface area (Å²) in [6.45, 7) is 4.07. The summed E-state index contributed by atoms with van der Waals surface area (Å²) < 4.78 is 0. The van der Waals surface area contributed by atoms with Crippen LogP contribution < -0.4 is 10.6 Å². The molecule has 0 aromatic heterocycles. The zero-order valence-electron chi connectivity index (χ0n) is 9.86. The van der Waals surface area contributed by atoms with Gasteiger partial charge in [0.25, 0.3) is 0 Å². The van der Waals surface area contributed by atoms with Gasteiger partial charge in [-0.2, -0.15) is 11.8 Å². The van der Waals surface area contributed by atoms with Crippen LogP contribution in [-0.4, -0.2) is 30.6 Å². The van der Waals surface area contributed by atoms with E-state index < -0.39 is 0 Å². The van der Waals surface area contributed by atoms with Crippen LogP contribution in [0.25, 0.3) is 0 Å². The molecular formula is C13H20N2S. The molecule has 1 aliphatic rings. The van der Waals surface area contributed by atoms with E-state index in [9.17, 15) is 0 Å². The highest BCUT2D eigenvalue weighted by Gasteiger charge is 2.21. The van der Waals surface area contributed by atoms with Crippen LogP contribution in [-0.2, 0) is 6.42 Å². The molecule has 0 spiro atoms. The van der Waals surface area contributed by atoms with E-state index in [2.05, 4.69) is 36.1 Å². The summed E-state index contributed by atoms with van der Waals surface area (Å²) in [5, 5.41) is 0. The third kappa shape index (κ3) is 2.53. The third-order valence-electron chi connectivity index (χ3n) is 3.18. The van der Waals surface area contributed by atoms with Gasteiger partial charge in [0.1, 0.15) is 0 Å². The van der Waals surface area contributed by atoms with Gasteiger partial charge in [-0.15, -0.1) is 0 Å². The summed E-state index contributed by atoms with van der Waals surface area (Å²) >= 11 is 2.01. The molecule has 1 aromatic carbocycles. The summed E-state index contributed by atoms with van der Waals surface area (Å²) in [4.78, 5) is 2.45. The molecule has 3 heteroatoms. The monoisotopic (exact) mass is 236 g/mol. The van der Waals surface area contributed by atoms with Gasteiger partial charge in [-0.1, -0.05) is 19.1 Å². The van der Waals surface area contributed by atoms with Crippen LogP contribution in [0, 0.1) is 0 Å². The minimum atomic E-state index is 0.506. The molecule has 0 aliphatic carbocycles. The van der Waals surface area contributed by atoms with Crippen molar-refractivity contribution in [2.24, 2.45) is 5.73 Å². The molecule has 0 amide bonds. The van der Waals surface area contributed by atoms with Crippen LogP contribution in [0.5, 0.6) is 0 Å². The Morgan fingerprint density at radius 2 is 2.12 bits per heavy atom. The lowest BCUT2D eigenvalue weighted by Crippen LogP contribution is -2.46. The van der Waals surface area contributed by atoms with Crippen LogP contribution in [0.15, 0.2) is 24.3 Å². The minimum absolute atomic E-state index is 0.506. The highest BCUT2D eigenvalue weighted by molar-refractivity contribution is 7.99. The summed E-state index contributed by atoms with van der Waals surface area (Å²) in [5.41, 5.74) is 8.56. The van der Waals surface area contributed by atoms with E-state index in [1.807, 2.05) is 11.8 Å². The first kappa shape index (κ1) is 11.8. The van der Waals surface area contributed by atoms with Gasteiger partial charge in [0.05, 0.1) is 6.04 Å². The number of anilines is 1. The standard InChI is InChI=1S/C13H20N2S/c1-2-11-3-5-12(6-4-11)15-7-8-16-10-13(15)9-14/h3-6,13H,2,7-10,14H2,1H3. The lowest BCUT2D eigenvalue weighted by atomic mass is 10.1. The van der Waals surface area contributed by atoms with Crippen molar-refractivity contribution in [3.63, 3.8) is 0 Å². The minimum Gasteiger partial charge on any atom is -0.366 e. The molecule has 1 unspecified atom stereocenters. The van der Waals surface area contributed by atoms with Crippen molar-refractivity contribution in [1.82, 2.24) is 0 Å². The molecule has 0 bridgehead atoms. The fraction of sp³-hybridized carbons (Fsp3) is 0.538. The van der Waals surface area contributed by atoms with Gasteiger partial charge in [0.2, 0.25) is 0 Å². The Kier molecular flexibility index (Phi) is 4.13. The molecule has 1 aliphatic heterocycles. The lowest BCUT2D eigenvalue weighted by molar-refractivity contribution is 0.655. The Morgan fingerprint density at radius 1 is 1.38 bits per heavy atom. The van der Waals surface area contributed by atoms with Crippen LogP contribution in [0.3, 0.4) is 0 Å².